The first-order chi connectivity index (χ1) is 9.10. The van der Waals surface area contributed by atoms with E-state index in [1.165, 1.54) is 12.1 Å². The van der Waals surface area contributed by atoms with Gasteiger partial charge in [-0.05, 0) is 18.2 Å². The molecule has 0 aromatic heterocycles. The van der Waals surface area contributed by atoms with Gasteiger partial charge in [0, 0.05) is 32.6 Å². The van der Waals surface area contributed by atoms with Crippen LogP contribution in [0.3, 0.4) is 0 Å². The highest BCUT2D eigenvalue weighted by molar-refractivity contribution is 7.91. The molecule has 1 aromatic carbocycles. The average Bonchev–Trinajstić information content (AvgIpc) is 2.23. The summed E-state index contributed by atoms with van der Waals surface area (Å²) >= 11 is 0. The minimum Gasteiger partial charge on any atom is -0.368 e. The molecule has 1 N–H and O–H groups in total. The molecule has 0 bridgehead atoms. The lowest BCUT2D eigenvalue weighted by Gasteiger charge is -2.37. The molecule has 0 spiro atoms. The molecule has 0 atom stereocenters. The highest BCUT2D eigenvalue weighted by Crippen LogP contribution is 2.29. The van der Waals surface area contributed by atoms with Crippen molar-refractivity contribution in [3.8, 4) is 0 Å². The van der Waals surface area contributed by atoms with Crippen LogP contribution in [-0.4, -0.2) is 55.5 Å². The Morgan fingerprint density at radius 2 is 1.70 bits per heavy atom. The average molecular weight is 318 g/mol. The predicted octanol–water partition coefficient (Wildman–Crippen LogP) is -0.0984. The fourth-order valence-corrected chi connectivity index (χ4v) is 3.71. The fraction of sp³-hybridized carbons (Fsp3) is 0.500. The molecule has 0 unspecified atom stereocenters. The third-order valence-electron chi connectivity index (χ3n) is 3.45. The van der Waals surface area contributed by atoms with Crippen LogP contribution < -0.4 is 10.2 Å². The minimum absolute atomic E-state index is 0.0156. The zero-order valence-electron chi connectivity index (χ0n) is 11.6. The maximum atomic E-state index is 11.9. The number of rotatable bonds is 4. The molecule has 112 valence electrons. The Morgan fingerprint density at radius 1 is 1.10 bits per heavy atom. The number of hydrogen-bond donors (Lipinski definition) is 1. The van der Waals surface area contributed by atoms with Crippen molar-refractivity contribution in [2.45, 2.75) is 15.8 Å². The zero-order valence-corrected chi connectivity index (χ0v) is 13.3. The van der Waals surface area contributed by atoms with Crippen molar-refractivity contribution in [2.75, 3.05) is 37.5 Å². The Balaban J connectivity index is 2.57. The standard InChI is InChI=1S/C12H18N2O4S2/c1-14(9-7-13-8-9)11-5-4-10(19(2,15)16)6-12(11)20(3,17)18/h4-6,9,13H,7-8H2,1-3H3. The van der Waals surface area contributed by atoms with Gasteiger partial charge in [-0.2, -0.15) is 0 Å². The molecule has 1 heterocycles. The molecule has 0 amide bonds. The first-order valence-corrected chi connectivity index (χ1v) is 9.86. The van der Waals surface area contributed by atoms with Gasteiger partial charge in [0.1, 0.15) is 0 Å². The zero-order chi connectivity index (χ0) is 15.1. The number of likely N-dealkylation sites (N-methyl/N-ethyl adjacent to an activating group) is 1. The molecule has 8 heteroatoms. The van der Waals surface area contributed by atoms with E-state index in [0.717, 1.165) is 25.6 Å². The summed E-state index contributed by atoms with van der Waals surface area (Å²) in [5, 5.41) is 3.12. The van der Waals surface area contributed by atoms with Crippen LogP contribution in [0.5, 0.6) is 0 Å². The molecule has 1 aliphatic heterocycles. The van der Waals surface area contributed by atoms with E-state index in [1.54, 1.807) is 6.07 Å². The summed E-state index contributed by atoms with van der Waals surface area (Å²) in [6, 6.07) is 4.47. The van der Waals surface area contributed by atoms with E-state index >= 15 is 0 Å². The third-order valence-corrected chi connectivity index (χ3v) is 5.68. The van der Waals surface area contributed by atoms with Crippen LogP contribution in [0, 0.1) is 0 Å². The molecule has 1 aromatic rings. The van der Waals surface area contributed by atoms with Crippen LogP contribution >= 0.6 is 0 Å². The van der Waals surface area contributed by atoms with E-state index in [4.69, 9.17) is 0 Å². The van der Waals surface area contributed by atoms with Gasteiger partial charge in [-0.15, -0.1) is 0 Å². The quantitative estimate of drug-likeness (QED) is 0.835. The van der Waals surface area contributed by atoms with Gasteiger partial charge < -0.3 is 10.2 Å². The SMILES string of the molecule is CN(c1ccc(S(C)(=O)=O)cc1S(C)(=O)=O)C1CNC1. The maximum absolute atomic E-state index is 11.9. The van der Waals surface area contributed by atoms with Crippen LogP contribution in [0.15, 0.2) is 28.0 Å². The number of nitrogens with zero attached hydrogens (tertiary/aromatic N) is 1. The third kappa shape index (κ3) is 2.97. The van der Waals surface area contributed by atoms with Crippen LogP contribution in [0.4, 0.5) is 5.69 Å². The minimum atomic E-state index is -3.51. The van der Waals surface area contributed by atoms with Crippen LogP contribution in [0.2, 0.25) is 0 Å². The van der Waals surface area contributed by atoms with Crippen molar-refractivity contribution in [1.29, 1.82) is 0 Å². The van der Waals surface area contributed by atoms with E-state index < -0.39 is 19.7 Å². The van der Waals surface area contributed by atoms with Crippen molar-refractivity contribution >= 4 is 25.4 Å². The Labute approximate surface area is 119 Å². The van der Waals surface area contributed by atoms with E-state index in [0.29, 0.717) is 5.69 Å². The monoisotopic (exact) mass is 318 g/mol. The highest BCUT2D eigenvalue weighted by atomic mass is 32.2. The number of sulfone groups is 2. The van der Waals surface area contributed by atoms with Gasteiger partial charge in [0.2, 0.25) is 0 Å². The van der Waals surface area contributed by atoms with Gasteiger partial charge in [-0.1, -0.05) is 0 Å². The first kappa shape index (κ1) is 15.3. The molecule has 1 aliphatic rings. The van der Waals surface area contributed by atoms with Crippen molar-refractivity contribution in [2.24, 2.45) is 0 Å². The summed E-state index contributed by atoms with van der Waals surface area (Å²) in [7, 11) is -5.13. The molecule has 0 saturated carbocycles. The second-order valence-electron chi connectivity index (χ2n) is 5.10. The van der Waals surface area contributed by atoms with Gasteiger partial charge in [0.15, 0.2) is 19.7 Å². The molecule has 1 saturated heterocycles. The van der Waals surface area contributed by atoms with E-state index in [9.17, 15) is 16.8 Å². The van der Waals surface area contributed by atoms with Crippen LogP contribution in [-0.2, 0) is 19.7 Å². The van der Waals surface area contributed by atoms with Gasteiger partial charge in [0.25, 0.3) is 0 Å². The van der Waals surface area contributed by atoms with E-state index in [1.807, 2.05) is 11.9 Å². The topological polar surface area (TPSA) is 83.6 Å². The summed E-state index contributed by atoms with van der Waals surface area (Å²) < 4.78 is 47.0. The molecule has 20 heavy (non-hydrogen) atoms. The van der Waals surface area contributed by atoms with Crippen molar-refractivity contribution < 1.29 is 16.8 Å². The Morgan fingerprint density at radius 3 is 2.10 bits per heavy atom. The highest BCUT2D eigenvalue weighted by Gasteiger charge is 2.26. The second-order valence-corrected chi connectivity index (χ2v) is 9.10. The normalized spacial score (nSPS) is 16.8. The lowest BCUT2D eigenvalue weighted by molar-refractivity contribution is 0.427. The molecular formula is C12H18N2O4S2. The van der Waals surface area contributed by atoms with Gasteiger partial charge >= 0.3 is 0 Å². The first-order valence-electron chi connectivity index (χ1n) is 6.08. The summed E-state index contributed by atoms with van der Waals surface area (Å²) in [4.78, 5) is 1.94. The van der Waals surface area contributed by atoms with Crippen LogP contribution in [0.1, 0.15) is 0 Å². The summed E-state index contributed by atoms with van der Waals surface area (Å²) in [6.07, 6.45) is 2.15. The van der Waals surface area contributed by atoms with Crippen molar-refractivity contribution in [3.05, 3.63) is 18.2 Å². The smallest absolute Gasteiger partial charge is 0.177 e. The Hall–Kier alpha value is -1.12. The molecule has 2 rings (SSSR count). The molecule has 1 fully saturated rings. The number of hydrogen-bond acceptors (Lipinski definition) is 6. The fourth-order valence-electron chi connectivity index (χ4n) is 2.06. The van der Waals surface area contributed by atoms with Gasteiger partial charge in [-0.3, -0.25) is 0 Å². The molecule has 0 radical (unpaired) electrons. The number of anilines is 1. The lowest BCUT2D eigenvalue weighted by atomic mass is 10.1. The number of benzene rings is 1. The van der Waals surface area contributed by atoms with Crippen LogP contribution in [0.25, 0.3) is 0 Å². The van der Waals surface area contributed by atoms with Crippen molar-refractivity contribution in [3.63, 3.8) is 0 Å². The van der Waals surface area contributed by atoms with E-state index in [2.05, 4.69) is 5.32 Å². The molecule has 6 nitrogen and oxygen atoms in total. The Kier molecular flexibility index (Phi) is 3.83. The predicted molar refractivity (Wildman–Crippen MR) is 77.7 cm³/mol. The van der Waals surface area contributed by atoms with Gasteiger partial charge in [-0.25, -0.2) is 16.8 Å². The number of nitrogens with one attached hydrogen (secondary N) is 1. The Bertz CT molecular complexity index is 722. The summed E-state index contributed by atoms with van der Waals surface area (Å²) in [5.74, 6) is 0. The largest absolute Gasteiger partial charge is 0.368 e. The van der Waals surface area contributed by atoms with E-state index in [-0.39, 0.29) is 15.8 Å². The lowest BCUT2D eigenvalue weighted by Crippen LogP contribution is -2.56. The maximum Gasteiger partial charge on any atom is 0.177 e. The summed E-state index contributed by atoms with van der Waals surface area (Å²) in [5.41, 5.74) is 0.534. The summed E-state index contributed by atoms with van der Waals surface area (Å²) in [6.45, 7) is 1.57. The molecular weight excluding hydrogens is 300 g/mol. The van der Waals surface area contributed by atoms with Gasteiger partial charge in [0.05, 0.1) is 21.5 Å². The second kappa shape index (κ2) is 5.01. The van der Waals surface area contributed by atoms with Crippen molar-refractivity contribution in [1.82, 2.24) is 5.32 Å². The molecule has 0 aliphatic carbocycles.